The topological polar surface area (TPSA) is 84.1 Å². The molecule has 0 unspecified atom stereocenters. The van der Waals surface area contributed by atoms with Crippen molar-refractivity contribution in [2.75, 3.05) is 35.8 Å². The molecule has 3 aromatic rings. The molecule has 6 nitrogen and oxygen atoms in total. The smallest absolute Gasteiger partial charge is 0.227 e. The van der Waals surface area contributed by atoms with Gasteiger partial charge in [0, 0.05) is 24.1 Å². The number of rotatable bonds is 4. The number of nitrogens with one attached hydrogen (secondary N) is 1. The predicted molar refractivity (Wildman–Crippen MR) is 121 cm³/mol. The van der Waals surface area contributed by atoms with Crippen LogP contribution in [0.5, 0.6) is 0 Å². The van der Waals surface area contributed by atoms with Gasteiger partial charge in [-0.15, -0.1) is 0 Å². The fourth-order valence-electron chi connectivity index (χ4n) is 3.58. The van der Waals surface area contributed by atoms with Gasteiger partial charge in [0.05, 0.1) is 11.9 Å². The van der Waals surface area contributed by atoms with Gasteiger partial charge >= 0.3 is 0 Å². The van der Waals surface area contributed by atoms with Gasteiger partial charge in [-0.25, -0.2) is 4.98 Å². The average Bonchev–Trinajstić information content (AvgIpc) is 2.69. The van der Waals surface area contributed by atoms with Crippen LogP contribution in [0.3, 0.4) is 0 Å². The first-order chi connectivity index (χ1) is 13.8. The molecule has 0 saturated carbocycles. The Kier molecular flexibility index (Phi) is 5.24. The lowest BCUT2D eigenvalue weighted by atomic mass is 9.98. The molecule has 8 heteroatoms. The Morgan fingerprint density at radius 1 is 1.17 bits per heavy atom. The maximum atomic E-state index is 12.6. The highest BCUT2D eigenvalue weighted by atomic mass is 35.5. The van der Waals surface area contributed by atoms with Gasteiger partial charge in [-0.05, 0) is 49.1 Å². The van der Waals surface area contributed by atoms with E-state index in [0.717, 1.165) is 29.6 Å². The summed E-state index contributed by atoms with van der Waals surface area (Å²) < 4.78 is 12.6. The summed E-state index contributed by atoms with van der Waals surface area (Å²) in [5.74, 6) is 1.09. The Morgan fingerprint density at radius 3 is 2.76 bits per heavy atom. The molecule has 0 fully saturated rings. The molecular formula is C21H23ClN5OP. The van der Waals surface area contributed by atoms with Gasteiger partial charge in [0.25, 0.3) is 0 Å². The number of anilines is 4. The van der Waals surface area contributed by atoms with Crippen LogP contribution in [0.2, 0.25) is 5.02 Å². The number of nitrogen functional groups attached to an aromatic ring is 1. The van der Waals surface area contributed by atoms with Gasteiger partial charge < -0.3 is 20.5 Å². The first-order valence-electron chi connectivity index (χ1n) is 9.38. The second kappa shape index (κ2) is 7.69. The molecule has 0 radical (unpaired) electrons. The van der Waals surface area contributed by atoms with Crippen LogP contribution in [-0.2, 0) is 17.5 Å². The Morgan fingerprint density at radius 2 is 1.97 bits per heavy atom. The van der Waals surface area contributed by atoms with Crippen molar-refractivity contribution in [3.63, 3.8) is 0 Å². The highest BCUT2D eigenvalue weighted by Crippen LogP contribution is 2.38. The third-order valence-corrected chi connectivity index (χ3v) is 6.88. The van der Waals surface area contributed by atoms with Gasteiger partial charge in [-0.2, -0.15) is 4.98 Å². The number of halogens is 1. The van der Waals surface area contributed by atoms with Crippen LogP contribution in [0.1, 0.15) is 11.1 Å². The number of aromatic nitrogens is 2. The summed E-state index contributed by atoms with van der Waals surface area (Å²) in [5, 5.41) is 4.43. The first-order valence-corrected chi connectivity index (χ1v) is 12.4. The molecule has 1 aliphatic rings. The van der Waals surface area contributed by atoms with Crippen LogP contribution >= 0.6 is 18.7 Å². The molecule has 2 aromatic carbocycles. The summed E-state index contributed by atoms with van der Waals surface area (Å²) in [6.07, 6.45) is 2.44. The SMILES string of the molecule is CP(C)(=O)c1ccccc1Nc1nc(N2CCc3c(N)cccc3C2)ncc1Cl. The van der Waals surface area contributed by atoms with E-state index in [9.17, 15) is 4.57 Å². The largest absolute Gasteiger partial charge is 0.398 e. The second-order valence-corrected chi connectivity index (χ2v) is 11.1. The maximum absolute atomic E-state index is 12.6. The molecule has 1 aromatic heterocycles. The van der Waals surface area contributed by atoms with E-state index in [1.54, 1.807) is 19.5 Å². The molecule has 0 amide bonds. The molecule has 2 heterocycles. The highest BCUT2D eigenvalue weighted by Gasteiger charge is 2.22. The van der Waals surface area contributed by atoms with Crippen molar-refractivity contribution in [3.05, 3.63) is 64.8 Å². The van der Waals surface area contributed by atoms with Crippen LogP contribution in [0.4, 0.5) is 23.1 Å². The molecule has 150 valence electrons. The van der Waals surface area contributed by atoms with Crippen LogP contribution in [0, 0.1) is 0 Å². The minimum Gasteiger partial charge on any atom is -0.398 e. The third-order valence-electron chi connectivity index (χ3n) is 5.05. The van der Waals surface area contributed by atoms with Crippen molar-refractivity contribution >= 4 is 47.2 Å². The monoisotopic (exact) mass is 427 g/mol. The molecule has 0 bridgehead atoms. The zero-order chi connectivity index (χ0) is 20.6. The number of para-hydroxylation sites is 1. The van der Waals surface area contributed by atoms with E-state index in [1.807, 2.05) is 36.4 Å². The molecule has 3 N–H and O–H groups in total. The van der Waals surface area contributed by atoms with Gasteiger partial charge in [0.1, 0.15) is 12.2 Å². The van der Waals surface area contributed by atoms with Crippen molar-refractivity contribution in [2.45, 2.75) is 13.0 Å². The van der Waals surface area contributed by atoms with E-state index in [4.69, 9.17) is 17.3 Å². The average molecular weight is 428 g/mol. The zero-order valence-corrected chi connectivity index (χ0v) is 18.0. The quantitative estimate of drug-likeness (QED) is 0.478. The number of hydrogen-bond donors (Lipinski definition) is 2. The molecule has 4 rings (SSSR count). The molecule has 0 aliphatic carbocycles. The molecule has 0 saturated heterocycles. The minimum atomic E-state index is -2.46. The van der Waals surface area contributed by atoms with Crippen LogP contribution in [0.25, 0.3) is 0 Å². The molecule has 0 spiro atoms. The van der Waals surface area contributed by atoms with Crippen LogP contribution in [0.15, 0.2) is 48.7 Å². The van der Waals surface area contributed by atoms with Crippen LogP contribution < -0.4 is 21.3 Å². The maximum Gasteiger partial charge on any atom is 0.227 e. The number of nitrogens with zero attached hydrogens (tertiary/aromatic N) is 3. The van der Waals surface area contributed by atoms with Crippen molar-refractivity contribution in [3.8, 4) is 0 Å². The van der Waals surface area contributed by atoms with E-state index in [2.05, 4.69) is 26.3 Å². The van der Waals surface area contributed by atoms with Gasteiger partial charge in [0.2, 0.25) is 5.95 Å². The Balaban J connectivity index is 1.64. The van der Waals surface area contributed by atoms with Gasteiger partial charge in [-0.1, -0.05) is 35.9 Å². The second-order valence-electron chi connectivity index (χ2n) is 7.52. The summed E-state index contributed by atoms with van der Waals surface area (Å²) in [6.45, 7) is 4.96. The Bertz CT molecular complexity index is 1110. The van der Waals surface area contributed by atoms with Crippen LogP contribution in [-0.4, -0.2) is 29.8 Å². The highest BCUT2D eigenvalue weighted by molar-refractivity contribution is 7.70. The summed E-state index contributed by atoms with van der Waals surface area (Å²) in [5.41, 5.74) is 10.1. The number of hydrogen-bond acceptors (Lipinski definition) is 6. The Labute approximate surface area is 175 Å². The fraction of sp³-hybridized carbons (Fsp3) is 0.238. The molecular weight excluding hydrogens is 405 g/mol. The minimum absolute atomic E-state index is 0.409. The lowest BCUT2D eigenvalue weighted by molar-refractivity contribution is 0.588. The lowest BCUT2D eigenvalue weighted by Crippen LogP contribution is -2.32. The fourth-order valence-corrected chi connectivity index (χ4v) is 4.88. The third kappa shape index (κ3) is 4.09. The number of nitrogens with two attached hydrogens (primary N) is 1. The summed E-state index contributed by atoms with van der Waals surface area (Å²) in [4.78, 5) is 11.2. The standard InChI is InChI=1S/C21H23ClN5OP/c1-29(2,28)19-9-4-3-8-18(19)25-20-16(22)12-24-21(26-20)27-11-10-15-14(13-27)6-5-7-17(15)23/h3-9,12H,10-11,13,23H2,1-2H3,(H,24,25,26). The zero-order valence-electron chi connectivity index (χ0n) is 16.4. The first kappa shape index (κ1) is 19.7. The summed E-state index contributed by atoms with van der Waals surface area (Å²) in [7, 11) is -2.46. The van der Waals surface area contributed by atoms with Crippen molar-refractivity contribution < 1.29 is 4.57 Å². The summed E-state index contributed by atoms with van der Waals surface area (Å²) >= 11 is 6.36. The van der Waals surface area contributed by atoms with Gasteiger partial charge in [-0.3, -0.25) is 0 Å². The summed E-state index contributed by atoms with van der Waals surface area (Å²) in [6, 6.07) is 13.5. The van der Waals surface area contributed by atoms with E-state index in [0.29, 0.717) is 23.3 Å². The normalized spacial score (nSPS) is 13.8. The van der Waals surface area contributed by atoms with Gasteiger partial charge in [0.15, 0.2) is 5.82 Å². The molecule has 0 atom stereocenters. The van der Waals surface area contributed by atoms with Crippen molar-refractivity contribution in [1.29, 1.82) is 0 Å². The lowest BCUT2D eigenvalue weighted by Gasteiger charge is -2.29. The molecule has 1 aliphatic heterocycles. The van der Waals surface area contributed by atoms with E-state index < -0.39 is 7.14 Å². The van der Waals surface area contributed by atoms with E-state index in [1.165, 1.54) is 11.1 Å². The number of benzene rings is 2. The van der Waals surface area contributed by atoms with E-state index in [-0.39, 0.29) is 0 Å². The van der Waals surface area contributed by atoms with E-state index >= 15 is 0 Å². The predicted octanol–water partition coefficient (Wildman–Crippen LogP) is 4.27. The Hall–Kier alpha value is -2.56. The van der Waals surface area contributed by atoms with Crippen molar-refractivity contribution in [2.24, 2.45) is 0 Å². The number of fused-ring (bicyclic) bond motifs is 1. The van der Waals surface area contributed by atoms with Crippen molar-refractivity contribution in [1.82, 2.24) is 9.97 Å². The molecule has 29 heavy (non-hydrogen) atoms.